The summed E-state index contributed by atoms with van der Waals surface area (Å²) >= 11 is 0. The number of piperidine rings is 1. The fourth-order valence-corrected chi connectivity index (χ4v) is 2.48. The highest BCUT2D eigenvalue weighted by molar-refractivity contribution is 5.77. The second-order valence-corrected chi connectivity index (χ2v) is 5.17. The van der Waals surface area contributed by atoms with Gasteiger partial charge in [0.05, 0.1) is 5.92 Å². The Morgan fingerprint density at radius 1 is 1.43 bits per heavy atom. The van der Waals surface area contributed by atoms with E-state index < -0.39 is 0 Å². The summed E-state index contributed by atoms with van der Waals surface area (Å²) in [4.78, 5) is 14.0. The SMILES string of the molecule is C=CCc1ccccc1OC(=O)C1CCN(C(=N)N)CC1. The van der Waals surface area contributed by atoms with E-state index >= 15 is 0 Å². The third-order valence-electron chi connectivity index (χ3n) is 3.72. The van der Waals surface area contributed by atoms with Gasteiger partial charge in [-0.1, -0.05) is 24.3 Å². The van der Waals surface area contributed by atoms with Crippen LogP contribution in [0.25, 0.3) is 0 Å². The zero-order valence-corrected chi connectivity index (χ0v) is 12.0. The van der Waals surface area contributed by atoms with Crippen molar-refractivity contribution in [3.8, 4) is 5.75 Å². The lowest BCUT2D eigenvalue weighted by Crippen LogP contribution is -2.44. The van der Waals surface area contributed by atoms with Gasteiger partial charge in [0.2, 0.25) is 0 Å². The van der Waals surface area contributed by atoms with Gasteiger partial charge < -0.3 is 15.4 Å². The molecule has 0 aromatic heterocycles. The zero-order chi connectivity index (χ0) is 15.2. The van der Waals surface area contributed by atoms with Crippen LogP contribution in [0.5, 0.6) is 5.75 Å². The highest BCUT2D eigenvalue weighted by Gasteiger charge is 2.27. The molecular weight excluding hydrogens is 266 g/mol. The number of ether oxygens (including phenoxy) is 1. The number of carbonyl (C=O) groups is 1. The van der Waals surface area contributed by atoms with Gasteiger partial charge in [0.15, 0.2) is 5.96 Å². The standard InChI is InChI=1S/C16H21N3O2/c1-2-5-12-6-3-4-7-14(12)21-15(20)13-8-10-19(11-9-13)16(17)18/h2-4,6-7,13H,1,5,8-11H2,(H3,17,18). The lowest BCUT2D eigenvalue weighted by molar-refractivity contribution is -0.140. The van der Waals surface area contributed by atoms with Crippen molar-refractivity contribution < 1.29 is 9.53 Å². The van der Waals surface area contributed by atoms with Crippen LogP contribution in [0.4, 0.5) is 0 Å². The van der Waals surface area contributed by atoms with E-state index in [0.717, 1.165) is 5.56 Å². The highest BCUT2D eigenvalue weighted by Crippen LogP contribution is 2.23. The quantitative estimate of drug-likeness (QED) is 0.291. The third-order valence-corrected chi connectivity index (χ3v) is 3.72. The Hall–Kier alpha value is -2.30. The van der Waals surface area contributed by atoms with Crippen molar-refractivity contribution in [3.63, 3.8) is 0 Å². The maximum absolute atomic E-state index is 12.2. The van der Waals surface area contributed by atoms with Gasteiger partial charge in [-0.3, -0.25) is 10.2 Å². The summed E-state index contributed by atoms with van der Waals surface area (Å²) in [5.74, 6) is 0.349. The van der Waals surface area contributed by atoms with Gasteiger partial charge in [-0.05, 0) is 30.9 Å². The second-order valence-electron chi connectivity index (χ2n) is 5.17. The number of allylic oxidation sites excluding steroid dienone is 1. The maximum Gasteiger partial charge on any atom is 0.314 e. The summed E-state index contributed by atoms with van der Waals surface area (Å²) in [6, 6.07) is 7.51. The minimum Gasteiger partial charge on any atom is -0.426 e. The molecule has 5 heteroatoms. The first-order chi connectivity index (χ1) is 10.1. The van der Waals surface area contributed by atoms with E-state index in [9.17, 15) is 4.79 Å². The lowest BCUT2D eigenvalue weighted by atomic mass is 9.97. The fraction of sp³-hybridized carbons (Fsp3) is 0.375. The fourth-order valence-electron chi connectivity index (χ4n) is 2.48. The Morgan fingerprint density at radius 3 is 2.71 bits per heavy atom. The van der Waals surface area contributed by atoms with Crippen LogP contribution in [0, 0.1) is 11.3 Å². The molecule has 0 aliphatic carbocycles. The molecule has 1 aliphatic heterocycles. The Morgan fingerprint density at radius 2 is 2.10 bits per heavy atom. The van der Waals surface area contributed by atoms with Gasteiger partial charge in [0.1, 0.15) is 5.75 Å². The Bertz CT molecular complexity index is 534. The molecular formula is C16H21N3O2. The average molecular weight is 287 g/mol. The monoisotopic (exact) mass is 287 g/mol. The molecule has 0 spiro atoms. The molecule has 2 rings (SSSR count). The number of esters is 1. The molecule has 3 N–H and O–H groups in total. The minimum atomic E-state index is -0.199. The number of nitrogens with zero attached hydrogens (tertiary/aromatic N) is 1. The molecule has 112 valence electrons. The molecule has 1 aromatic carbocycles. The number of carbonyl (C=O) groups excluding carboxylic acids is 1. The summed E-state index contributed by atoms with van der Waals surface area (Å²) < 4.78 is 5.54. The van der Waals surface area contributed by atoms with Crippen LogP contribution in [0.15, 0.2) is 36.9 Å². The lowest BCUT2D eigenvalue weighted by Gasteiger charge is -2.31. The molecule has 1 aliphatic rings. The summed E-state index contributed by atoms with van der Waals surface area (Å²) in [7, 11) is 0. The molecule has 0 bridgehead atoms. The topological polar surface area (TPSA) is 79.4 Å². The first kappa shape index (κ1) is 15.1. The van der Waals surface area contributed by atoms with Crippen LogP contribution in [-0.2, 0) is 11.2 Å². The molecule has 0 saturated carbocycles. The van der Waals surface area contributed by atoms with Crippen molar-refractivity contribution >= 4 is 11.9 Å². The molecule has 1 saturated heterocycles. The number of nitrogens with one attached hydrogen (secondary N) is 1. The van der Waals surface area contributed by atoms with Gasteiger partial charge in [0.25, 0.3) is 0 Å². The van der Waals surface area contributed by atoms with E-state index in [2.05, 4.69) is 6.58 Å². The zero-order valence-electron chi connectivity index (χ0n) is 12.0. The predicted molar refractivity (Wildman–Crippen MR) is 82.2 cm³/mol. The van der Waals surface area contributed by atoms with Crippen molar-refractivity contribution in [1.29, 1.82) is 5.41 Å². The molecule has 0 unspecified atom stereocenters. The second kappa shape index (κ2) is 6.92. The number of hydrogen-bond acceptors (Lipinski definition) is 3. The summed E-state index contributed by atoms with van der Waals surface area (Å²) in [5, 5.41) is 7.39. The number of likely N-dealkylation sites (tertiary alicyclic amines) is 1. The molecule has 1 heterocycles. The van der Waals surface area contributed by atoms with Crippen LogP contribution in [0.3, 0.4) is 0 Å². The summed E-state index contributed by atoms with van der Waals surface area (Å²) in [6.45, 7) is 4.97. The Balaban J connectivity index is 1.96. The maximum atomic E-state index is 12.2. The Labute approximate surface area is 124 Å². The van der Waals surface area contributed by atoms with Crippen molar-refractivity contribution in [2.75, 3.05) is 13.1 Å². The number of para-hydroxylation sites is 1. The average Bonchev–Trinajstić information content (AvgIpc) is 2.49. The van der Waals surface area contributed by atoms with Crippen LogP contribution < -0.4 is 10.5 Å². The number of rotatable bonds is 4. The first-order valence-corrected chi connectivity index (χ1v) is 7.11. The van der Waals surface area contributed by atoms with E-state index in [1.807, 2.05) is 18.2 Å². The van der Waals surface area contributed by atoms with Gasteiger partial charge >= 0.3 is 5.97 Å². The molecule has 5 nitrogen and oxygen atoms in total. The summed E-state index contributed by atoms with van der Waals surface area (Å²) in [5.41, 5.74) is 6.41. The van der Waals surface area contributed by atoms with Crippen LogP contribution in [0.1, 0.15) is 18.4 Å². The molecule has 1 aromatic rings. The highest BCUT2D eigenvalue weighted by atomic mass is 16.5. The van der Waals surface area contributed by atoms with E-state index in [1.165, 1.54) is 0 Å². The third kappa shape index (κ3) is 3.84. The molecule has 21 heavy (non-hydrogen) atoms. The van der Waals surface area contributed by atoms with E-state index in [1.54, 1.807) is 17.0 Å². The number of benzene rings is 1. The molecule has 1 fully saturated rings. The van der Waals surface area contributed by atoms with Crippen molar-refractivity contribution in [1.82, 2.24) is 4.90 Å². The van der Waals surface area contributed by atoms with E-state index in [4.69, 9.17) is 15.9 Å². The Kier molecular flexibility index (Phi) is 4.98. The van der Waals surface area contributed by atoms with Crippen LogP contribution in [-0.4, -0.2) is 29.9 Å². The predicted octanol–water partition coefficient (Wildman–Crippen LogP) is 1.93. The number of guanidine groups is 1. The van der Waals surface area contributed by atoms with Gasteiger partial charge in [-0.15, -0.1) is 6.58 Å². The number of hydrogen-bond donors (Lipinski definition) is 2. The van der Waals surface area contributed by atoms with Crippen LogP contribution in [0.2, 0.25) is 0 Å². The normalized spacial score (nSPS) is 15.5. The van der Waals surface area contributed by atoms with E-state index in [-0.39, 0.29) is 17.8 Å². The minimum absolute atomic E-state index is 0.0677. The molecule has 0 atom stereocenters. The van der Waals surface area contributed by atoms with E-state index in [0.29, 0.717) is 38.1 Å². The van der Waals surface area contributed by atoms with Crippen molar-refractivity contribution in [2.24, 2.45) is 11.7 Å². The molecule has 0 amide bonds. The van der Waals surface area contributed by atoms with Gasteiger partial charge in [-0.2, -0.15) is 0 Å². The molecule has 0 radical (unpaired) electrons. The smallest absolute Gasteiger partial charge is 0.314 e. The first-order valence-electron chi connectivity index (χ1n) is 7.11. The number of nitrogens with two attached hydrogens (primary N) is 1. The van der Waals surface area contributed by atoms with Gasteiger partial charge in [-0.25, -0.2) is 0 Å². The van der Waals surface area contributed by atoms with Crippen molar-refractivity contribution in [2.45, 2.75) is 19.3 Å². The summed E-state index contributed by atoms with van der Waals surface area (Å²) in [6.07, 6.45) is 3.80. The van der Waals surface area contributed by atoms with Crippen LogP contribution >= 0.6 is 0 Å². The van der Waals surface area contributed by atoms with Gasteiger partial charge in [0, 0.05) is 13.1 Å². The van der Waals surface area contributed by atoms with Crippen molar-refractivity contribution in [3.05, 3.63) is 42.5 Å². The largest absolute Gasteiger partial charge is 0.426 e.